The Morgan fingerprint density at radius 2 is 1.82 bits per heavy atom. The molecule has 0 aliphatic carbocycles. The molecule has 3 rings (SSSR count). The van der Waals surface area contributed by atoms with Gasteiger partial charge in [0.25, 0.3) is 0 Å². The van der Waals surface area contributed by atoms with Crippen LogP contribution in [0.4, 0.5) is 11.5 Å². The minimum atomic E-state index is -0.0852. The Labute approximate surface area is 129 Å². The standard InChI is InChI=1S/C16H19N5O/c1-16(2,3)15-20-19-14-13(17-9-10-21(14)15)18-11-5-7-12(22-4)8-6-11/h5-10H,1-4H3,(H,17,18). The van der Waals surface area contributed by atoms with Gasteiger partial charge in [-0.2, -0.15) is 0 Å². The van der Waals surface area contributed by atoms with Crippen molar-refractivity contribution in [1.82, 2.24) is 19.6 Å². The van der Waals surface area contributed by atoms with E-state index >= 15 is 0 Å². The fraction of sp³-hybridized carbons (Fsp3) is 0.312. The molecule has 22 heavy (non-hydrogen) atoms. The smallest absolute Gasteiger partial charge is 0.204 e. The van der Waals surface area contributed by atoms with Crippen LogP contribution >= 0.6 is 0 Å². The Bertz CT molecular complexity index is 786. The maximum Gasteiger partial charge on any atom is 0.204 e. The molecule has 0 unspecified atom stereocenters. The number of hydrogen-bond acceptors (Lipinski definition) is 5. The summed E-state index contributed by atoms with van der Waals surface area (Å²) in [7, 11) is 1.65. The second-order valence-corrected chi connectivity index (χ2v) is 6.10. The Morgan fingerprint density at radius 3 is 2.45 bits per heavy atom. The van der Waals surface area contributed by atoms with Gasteiger partial charge in [-0.05, 0) is 24.3 Å². The number of anilines is 2. The van der Waals surface area contributed by atoms with Crippen molar-refractivity contribution in [3.05, 3.63) is 42.5 Å². The third kappa shape index (κ3) is 2.59. The summed E-state index contributed by atoms with van der Waals surface area (Å²) in [6, 6.07) is 7.66. The molecule has 2 heterocycles. The highest BCUT2D eigenvalue weighted by Crippen LogP contribution is 2.25. The number of benzene rings is 1. The molecule has 0 amide bonds. The van der Waals surface area contributed by atoms with Crippen LogP contribution in [-0.4, -0.2) is 26.7 Å². The van der Waals surface area contributed by atoms with Gasteiger partial charge in [-0.25, -0.2) is 4.98 Å². The number of aromatic nitrogens is 4. The number of ether oxygens (including phenoxy) is 1. The first-order chi connectivity index (χ1) is 10.5. The van der Waals surface area contributed by atoms with Crippen LogP contribution in [0.3, 0.4) is 0 Å². The van der Waals surface area contributed by atoms with E-state index in [1.807, 2.05) is 34.9 Å². The molecular weight excluding hydrogens is 278 g/mol. The minimum absolute atomic E-state index is 0.0852. The number of rotatable bonds is 3. The molecule has 0 spiro atoms. The highest BCUT2D eigenvalue weighted by molar-refractivity contribution is 5.69. The van der Waals surface area contributed by atoms with Crippen LogP contribution < -0.4 is 10.1 Å². The van der Waals surface area contributed by atoms with E-state index < -0.39 is 0 Å². The Morgan fingerprint density at radius 1 is 1.09 bits per heavy atom. The number of nitrogens with zero attached hydrogens (tertiary/aromatic N) is 4. The molecule has 3 aromatic rings. The Hall–Kier alpha value is -2.63. The van der Waals surface area contributed by atoms with Gasteiger partial charge in [0.05, 0.1) is 7.11 Å². The SMILES string of the molecule is COc1ccc(Nc2nccn3c(C(C)(C)C)nnc23)cc1. The average molecular weight is 297 g/mol. The number of methoxy groups -OCH3 is 1. The fourth-order valence-corrected chi connectivity index (χ4v) is 2.24. The zero-order chi connectivity index (χ0) is 15.7. The van der Waals surface area contributed by atoms with Crippen molar-refractivity contribution in [2.75, 3.05) is 12.4 Å². The lowest BCUT2D eigenvalue weighted by atomic mass is 9.96. The number of nitrogens with one attached hydrogen (secondary N) is 1. The summed E-state index contributed by atoms with van der Waals surface area (Å²) in [6.45, 7) is 6.33. The average Bonchev–Trinajstić information content (AvgIpc) is 2.93. The van der Waals surface area contributed by atoms with E-state index in [0.29, 0.717) is 11.5 Å². The monoisotopic (exact) mass is 297 g/mol. The van der Waals surface area contributed by atoms with Crippen LogP contribution in [-0.2, 0) is 5.41 Å². The van der Waals surface area contributed by atoms with Gasteiger partial charge in [0.2, 0.25) is 5.65 Å². The minimum Gasteiger partial charge on any atom is -0.497 e. The van der Waals surface area contributed by atoms with Gasteiger partial charge in [-0.1, -0.05) is 20.8 Å². The van der Waals surface area contributed by atoms with Crippen molar-refractivity contribution in [3.8, 4) is 5.75 Å². The van der Waals surface area contributed by atoms with Crippen molar-refractivity contribution in [3.63, 3.8) is 0 Å². The molecule has 0 aliphatic heterocycles. The highest BCUT2D eigenvalue weighted by Gasteiger charge is 2.22. The lowest BCUT2D eigenvalue weighted by Gasteiger charge is -2.15. The normalized spacial score (nSPS) is 11.6. The third-order valence-corrected chi connectivity index (χ3v) is 3.35. The van der Waals surface area contributed by atoms with Gasteiger partial charge in [-0.15, -0.1) is 10.2 Å². The van der Waals surface area contributed by atoms with Gasteiger partial charge in [0.15, 0.2) is 5.82 Å². The maximum absolute atomic E-state index is 5.16. The highest BCUT2D eigenvalue weighted by atomic mass is 16.5. The number of hydrogen-bond donors (Lipinski definition) is 1. The summed E-state index contributed by atoms with van der Waals surface area (Å²) < 4.78 is 7.13. The third-order valence-electron chi connectivity index (χ3n) is 3.35. The molecule has 1 N–H and O–H groups in total. The second-order valence-electron chi connectivity index (χ2n) is 6.10. The quantitative estimate of drug-likeness (QED) is 0.804. The Balaban J connectivity index is 1.99. The van der Waals surface area contributed by atoms with Crippen molar-refractivity contribution in [2.24, 2.45) is 0 Å². The summed E-state index contributed by atoms with van der Waals surface area (Å²) in [6.07, 6.45) is 3.63. The molecule has 0 saturated carbocycles. The first kappa shape index (κ1) is 14.3. The molecule has 6 nitrogen and oxygen atoms in total. The van der Waals surface area contributed by atoms with E-state index in [1.54, 1.807) is 13.3 Å². The van der Waals surface area contributed by atoms with Gasteiger partial charge >= 0.3 is 0 Å². The van der Waals surface area contributed by atoms with Gasteiger partial charge in [0, 0.05) is 23.5 Å². The lowest BCUT2D eigenvalue weighted by Crippen LogP contribution is -2.16. The molecule has 0 atom stereocenters. The summed E-state index contributed by atoms with van der Waals surface area (Å²) in [5, 5.41) is 11.9. The van der Waals surface area contributed by atoms with Gasteiger partial charge in [-0.3, -0.25) is 4.40 Å². The van der Waals surface area contributed by atoms with E-state index in [9.17, 15) is 0 Å². The second kappa shape index (κ2) is 5.29. The summed E-state index contributed by atoms with van der Waals surface area (Å²) in [4.78, 5) is 4.37. The molecule has 114 valence electrons. The van der Waals surface area contributed by atoms with Crippen molar-refractivity contribution in [2.45, 2.75) is 26.2 Å². The molecule has 0 fully saturated rings. The molecule has 0 aliphatic rings. The molecule has 0 bridgehead atoms. The molecule has 6 heteroatoms. The fourth-order valence-electron chi connectivity index (χ4n) is 2.24. The molecule has 1 aromatic carbocycles. The largest absolute Gasteiger partial charge is 0.497 e. The predicted octanol–water partition coefficient (Wildman–Crippen LogP) is 3.17. The van der Waals surface area contributed by atoms with E-state index in [1.165, 1.54) is 0 Å². The van der Waals surface area contributed by atoms with Crippen LogP contribution in [0.25, 0.3) is 5.65 Å². The molecule has 2 aromatic heterocycles. The van der Waals surface area contributed by atoms with Crippen LogP contribution in [0, 0.1) is 0 Å². The lowest BCUT2D eigenvalue weighted by molar-refractivity contribution is 0.415. The molecular formula is C16H19N5O. The van der Waals surface area contributed by atoms with E-state index in [0.717, 1.165) is 17.3 Å². The van der Waals surface area contributed by atoms with Crippen LogP contribution in [0.2, 0.25) is 0 Å². The Kier molecular flexibility index (Phi) is 3.44. The first-order valence-electron chi connectivity index (χ1n) is 7.10. The van der Waals surface area contributed by atoms with Crippen molar-refractivity contribution >= 4 is 17.2 Å². The zero-order valence-corrected chi connectivity index (χ0v) is 13.2. The van der Waals surface area contributed by atoms with Gasteiger partial charge in [0.1, 0.15) is 11.6 Å². The first-order valence-corrected chi connectivity index (χ1v) is 7.10. The maximum atomic E-state index is 5.16. The number of fused-ring (bicyclic) bond motifs is 1. The van der Waals surface area contributed by atoms with Crippen LogP contribution in [0.1, 0.15) is 26.6 Å². The van der Waals surface area contributed by atoms with Crippen LogP contribution in [0.5, 0.6) is 5.75 Å². The predicted molar refractivity (Wildman–Crippen MR) is 85.8 cm³/mol. The summed E-state index contributed by atoms with van der Waals surface area (Å²) >= 11 is 0. The van der Waals surface area contributed by atoms with Crippen molar-refractivity contribution < 1.29 is 4.74 Å². The van der Waals surface area contributed by atoms with Crippen LogP contribution in [0.15, 0.2) is 36.7 Å². The zero-order valence-electron chi connectivity index (χ0n) is 13.2. The van der Waals surface area contributed by atoms with E-state index in [2.05, 4.69) is 41.3 Å². The summed E-state index contributed by atoms with van der Waals surface area (Å²) in [5.41, 5.74) is 1.54. The van der Waals surface area contributed by atoms with Gasteiger partial charge < -0.3 is 10.1 Å². The van der Waals surface area contributed by atoms with E-state index in [4.69, 9.17) is 4.74 Å². The van der Waals surface area contributed by atoms with Crippen molar-refractivity contribution in [1.29, 1.82) is 0 Å². The topological polar surface area (TPSA) is 64.3 Å². The van der Waals surface area contributed by atoms with E-state index in [-0.39, 0.29) is 5.41 Å². The summed E-state index contributed by atoms with van der Waals surface area (Å²) in [5.74, 6) is 2.40. The molecule has 0 radical (unpaired) electrons. The molecule has 0 saturated heterocycles.